The summed E-state index contributed by atoms with van der Waals surface area (Å²) in [5.74, 6) is -0.522. The maximum absolute atomic E-state index is 12.2. The van der Waals surface area contributed by atoms with Crippen LogP contribution in [-0.2, 0) is 0 Å². The van der Waals surface area contributed by atoms with E-state index < -0.39 is 12.1 Å². The number of halogens is 4. The lowest BCUT2D eigenvalue weighted by Crippen LogP contribution is -2.41. The van der Waals surface area contributed by atoms with Crippen molar-refractivity contribution in [3.8, 4) is 5.75 Å². The first-order chi connectivity index (χ1) is 11.2. The number of guanidine groups is 2. The number of hydrogen-bond acceptors (Lipinski definition) is 2. The third-order valence-corrected chi connectivity index (χ3v) is 3.62. The molecule has 1 aromatic carbocycles. The fourth-order valence-corrected chi connectivity index (χ4v) is 2.48. The highest BCUT2D eigenvalue weighted by Gasteiger charge is 2.32. The molecule has 10 heteroatoms. The number of rotatable bonds is 2. The molecule has 0 bridgehead atoms. The minimum absolute atomic E-state index is 0.232. The number of nitrogens with zero attached hydrogens (tertiary/aromatic N) is 2. The van der Waals surface area contributed by atoms with Crippen molar-refractivity contribution >= 4 is 29.2 Å². The van der Waals surface area contributed by atoms with Gasteiger partial charge < -0.3 is 20.7 Å². The standard InChI is InChI=1S/C14H17ClF3N5O/c15-10-8-9(4-5-11(10)24-14(16,17)18)21-12(19)22-13(20)23-6-2-1-3-7-23/h4-5,8H,1-3,6-7H2,(H4,19,20,21,22). The Bertz CT molecular complexity index is 629. The minimum Gasteiger partial charge on any atom is -0.404 e. The molecule has 0 aromatic heterocycles. The van der Waals surface area contributed by atoms with Crippen LogP contribution in [0.4, 0.5) is 18.9 Å². The molecule has 1 aromatic rings. The molecule has 0 saturated carbocycles. The zero-order valence-electron chi connectivity index (χ0n) is 12.7. The van der Waals surface area contributed by atoms with E-state index in [4.69, 9.17) is 22.7 Å². The van der Waals surface area contributed by atoms with E-state index in [2.05, 4.69) is 15.0 Å². The van der Waals surface area contributed by atoms with E-state index >= 15 is 0 Å². The number of aliphatic imine (C=N–C) groups is 1. The largest absolute Gasteiger partial charge is 0.573 e. The second kappa shape index (κ2) is 7.61. The number of alkyl halides is 3. The van der Waals surface area contributed by atoms with E-state index in [0.29, 0.717) is 5.69 Å². The summed E-state index contributed by atoms with van der Waals surface area (Å²) < 4.78 is 40.3. The number of ether oxygens (including phenoxy) is 1. The van der Waals surface area contributed by atoms with Gasteiger partial charge in [-0.15, -0.1) is 13.2 Å². The lowest BCUT2D eigenvalue weighted by Gasteiger charge is -2.27. The number of likely N-dealkylation sites (tertiary alicyclic amines) is 1. The van der Waals surface area contributed by atoms with E-state index in [1.165, 1.54) is 12.1 Å². The van der Waals surface area contributed by atoms with Crippen LogP contribution >= 0.6 is 11.6 Å². The Morgan fingerprint density at radius 2 is 1.96 bits per heavy atom. The molecule has 0 radical (unpaired) electrons. The molecule has 0 atom stereocenters. The predicted octanol–water partition coefficient (Wildman–Crippen LogP) is 3.39. The van der Waals surface area contributed by atoms with Crippen molar-refractivity contribution in [2.24, 2.45) is 10.7 Å². The van der Waals surface area contributed by atoms with Crippen LogP contribution in [0.2, 0.25) is 5.02 Å². The van der Waals surface area contributed by atoms with Gasteiger partial charge in [-0.2, -0.15) is 4.99 Å². The van der Waals surface area contributed by atoms with Crippen molar-refractivity contribution < 1.29 is 17.9 Å². The summed E-state index contributed by atoms with van der Waals surface area (Å²) in [6.45, 7) is 1.58. The molecule has 24 heavy (non-hydrogen) atoms. The highest BCUT2D eigenvalue weighted by atomic mass is 35.5. The van der Waals surface area contributed by atoms with Gasteiger partial charge in [-0.3, -0.25) is 5.41 Å². The number of piperidine rings is 1. The third-order valence-electron chi connectivity index (χ3n) is 3.33. The Morgan fingerprint density at radius 1 is 1.29 bits per heavy atom. The van der Waals surface area contributed by atoms with E-state index in [0.717, 1.165) is 38.4 Å². The maximum atomic E-state index is 12.2. The number of benzene rings is 1. The Hall–Kier alpha value is -2.16. The second-order valence-electron chi connectivity index (χ2n) is 5.18. The molecule has 0 spiro atoms. The van der Waals surface area contributed by atoms with Crippen LogP contribution in [0.25, 0.3) is 0 Å². The third kappa shape index (κ3) is 5.48. The number of nitrogens with one attached hydrogen (secondary N) is 2. The minimum atomic E-state index is -4.82. The van der Waals surface area contributed by atoms with Gasteiger partial charge in [0.1, 0.15) is 5.75 Å². The van der Waals surface area contributed by atoms with Crippen LogP contribution in [0.1, 0.15) is 19.3 Å². The van der Waals surface area contributed by atoms with E-state index in [1.807, 2.05) is 4.90 Å². The van der Waals surface area contributed by atoms with Gasteiger partial charge in [-0.1, -0.05) is 11.6 Å². The topological polar surface area (TPSA) is 86.7 Å². The molecule has 0 unspecified atom stereocenters. The molecule has 4 N–H and O–H groups in total. The van der Waals surface area contributed by atoms with Crippen molar-refractivity contribution in [1.82, 2.24) is 4.90 Å². The summed E-state index contributed by atoms with van der Waals surface area (Å²) in [5.41, 5.74) is 6.15. The normalized spacial score (nSPS) is 16.0. The molecule has 2 rings (SSSR count). The molecule has 1 aliphatic rings. The van der Waals surface area contributed by atoms with Crippen molar-refractivity contribution in [3.63, 3.8) is 0 Å². The second-order valence-corrected chi connectivity index (χ2v) is 5.59. The van der Waals surface area contributed by atoms with Crippen molar-refractivity contribution in [1.29, 1.82) is 5.41 Å². The summed E-state index contributed by atoms with van der Waals surface area (Å²) >= 11 is 5.74. The quantitative estimate of drug-likeness (QED) is 0.555. The fraction of sp³-hybridized carbons (Fsp3) is 0.429. The Labute approximate surface area is 141 Å². The van der Waals surface area contributed by atoms with Crippen molar-refractivity contribution in [2.75, 3.05) is 18.4 Å². The van der Waals surface area contributed by atoms with Crippen LogP contribution in [0, 0.1) is 5.41 Å². The molecule has 1 fully saturated rings. The number of hydrogen-bond donors (Lipinski definition) is 3. The molecular weight excluding hydrogens is 347 g/mol. The first-order valence-electron chi connectivity index (χ1n) is 7.24. The van der Waals surface area contributed by atoms with Gasteiger partial charge in [0.2, 0.25) is 5.96 Å². The monoisotopic (exact) mass is 363 g/mol. The molecule has 1 heterocycles. The van der Waals surface area contributed by atoms with E-state index in [9.17, 15) is 13.2 Å². The molecular formula is C14H17ClF3N5O. The van der Waals surface area contributed by atoms with Crippen LogP contribution < -0.4 is 15.8 Å². The lowest BCUT2D eigenvalue weighted by atomic mass is 10.1. The van der Waals surface area contributed by atoms with Crippen molar-refractivity contribution in [2.45, 2.75) is 25.6 Å². The van der Waals surface area contributed by atoms with Gasteiger partial charge in [-0.05, 0) is 37.5 Å². The lowest BCUT2D eigenvalue weighted by molar-refractivity contribution is -0.274. The van der Waals surface area contributed by atoms with Gasteiger partial charge in [0, 0.05) is 18.8 Å². The van der Waals surface area contributed by atoms with Crippen LogP contribution in [0.3, 0.4) is 0 Å². The molecule has 132 valence electrons. The molecule has 6 nitrogen and oxygen atoms in total. The highest BCUT2D eigenvalue weighted by Crippen LogP contribution is 2.32. The Kier molecular flexibility index (Phi) is 5.76. The molecule has 0 aliphatic carbocycles. The first kappa shape index (κ1) is 18.2. The average molecular weight is 364 g/mol. The van der Waals surface area contributed by atoms with Crippen LogP contribution in [-0.4, -0.2) is 36.3 Å². The maximum Gasteiger partial charge on any atom is 0.573 e. The fourth-order valence-electron chi connectivity index (χ4n) is 2.26. The van der Waals surface area contributed by atoms with E-state index in [-0.39, 0.29) is 16.9 Å². The summed E-state index contributed by atoms with van der Waals surface area (Å²) in [6.07, 6.45) is -1.64. The zero-order chi connectivity index (χ0) is 17.7. The Balaban J connectivity index is 1.99. The van der Waals surface area contributed by atoms with Crippen molar-refractivity contribution in [3.05, 3.63) is 23.2 Å². The predicted molar refractivity (Wildman–Crippen MR) is 86.5 cm³/mol. The SMILES string of the molecule is N=C(N=C(N)N1CCCCC1)Nc1ccc(OC(F)(F)F)c(Cl)c1. The van der Waals surface area contributed by atoms with Crippen LogP contribution in [0.5, 0.6) is 5.75 Å². The summed E-state index contributed by atoms with van der Waals surface area (Å²) in [4.78, 5) is 5.83. The van der Waals surface area contributed by atoms with Crippen LogP contribution in [0.15, 0.2) is 23.2 Å². The summed E-state index contributed by atoms with van der Waals surface area (Å²) in [7, 11) is 0. The van der Waals surface area contributed by atoms with Gasteiger partial charge in [0.05, 0.1) is 5.02 Å². The van der Waals surface area contributed by atoms with Gasteiger partial charge in [0.15, 0.2) is 5.96 Å². The molecule has 1 aliphatic heterocycles. The molecule has 0 amide bonds. The smallest absolute Gasteiger partial charge is 0.404 e. The van der Waals surface area contributed by atoms with Gasteiger partial charge >= 0.3 is 6.36 Å². The number of nitrogens with two attached hydrogens (primary N) is 1. The highest BCUT2D eigenvalue weighted by molar-refractivity contribution is 6.32. The zero-order valence-corrected chi connectivity index (χ0v) is 13.4. The number of anilines is 1. The molecule has 1 saturated heterocycles. The van der Waals surface area contributed by atoms with Gasteiger partial charge in [-0.25, -0.2) is 0 Å². The Morgan fingerprint density at radius 3 is 2.54 bits per heavy atom. The first-order valence-corrected chi connectivity index (χ1v) is 7.62. The van der Waals surface area contributed by atoms with Gasteiger partial charge in [0.25, 0.3) is 0 Å². The van der Waals surface area contributed by atoms with E-state index in [1.54, 1.807) is 0 Å². The average Bonchev–Trinajstić information content (AvgIpc) is 2.49. The summed E-state index contributed by atoms with van der Waals surface area (Å²) in [5, 5.41) is 10.2. The summed E-state index contributed by atoms with van der Waals surface area (Å²) in [6, 6.07) is 3.57.